The predicted molar refractivity (Wildman–Crippen MR) is 67.5 cm³/mol. The first kappa shape index (κ1) is 13.6. The molecule has 1 aliphatic carbocycles. The lowest BCUT2D eigenvalue weighted by Gasteiger charge is -2.41. The van der Waals surface area contributed by atoms with Crippen LogP contribution in [0.15, 0.2) is 23.0 Å². The molecule has 0 bridgehead atoms. The Hall–Kier alpha value is -1.82. The van der Waals surface area contributed by atoms with Crippen molar-refractivity contribution in [2.24, 2.45) is 0 Å². The van der Waals surface area contributed by atoms with Gasteiger partial charge < -0.3 is 20.2 Å². The van der Waals surface area contributed by atoms with Gasteiger partial charge in [0.2, 0.25) is 5.91 Å². The van der Waals surface area contributed by atoms with Crippen LogP contribution < -0.4 is 10.6 Å². The molecule has 0 radical (unpaired) electrons. The summed E-state index contributed by atoms with van der Waals surface area (Å²) in [4.78, 5) is 23.2. The minimum atomic E-state index is -0.425. The summed E-state index contributed by atoms with van der Waals surface area (Å²) in [6.07, 6.45) is 5.63. The highest BCUT2D eigenvalue weighted by Crippen LogP contribution is 2.31. The number of hydrogen-bond donors (Lipinski definition) is 3. The summed E-state index contributed by atoms with van der Waals surface area (Å²) in [6, 6.07) is 1.56. The van der Waals surface area contributed by atoms with Crippen molar-refractivity contribution < 1.29 is 19.1 Å². The standard InChI is InChI=1S/C13H18N2O4/c16-9-13(4-1-5-13)15-11(17)2-6-14-12(18)10-3-7-19-8-10/h3,7-8,16H,1-2,4-6,9H2,(H,14,18)(H,15,17). The second-order valence-electron chi connectivity index (χ2n) is 4.86. The predicted octanol–water partition coefficient (Wildman–Crippen LogP) is 0.431. The van der Waals surface area contributed by atoms with Gasteiger partial charge in [-0.15, -0.1) is 0 Å². The number of hydrogen-bond acceptors (Lipinski definition) is 4. The Balaban J connectivity index is 1.68. The van der Waals surface area contributed by atoms with Gasteiger partial charge in [0.1, 0.15) is 6.26 Å². The number of carbonyl (C=O) groups excluding carboxylic acids is 2. The van der Waals surface area contributed by atoms with Crippen LogP contribution in [0.3, 0.4) is 0 Å². The highest BCUT2D eigenvalue weighted by Gasteiger charge is 2.37. The lowest BCUT2D eigenvalue weighted by Crippen LogP contribution is -2.56. The molecule has 0 atom stereocenters. The molecule has 0 aromatic carbocycles. The highest BCUT2D eigenvalue weighted by molar-refractivity contribution is 5.94. The zero-order valence-electron chi connectivity index (χ0n) is 10.6. The smallest absolute Gasteiger partial charge is 0.254 e. The molecule has 104 valence electrons. The quantitative estimate of drug-likeness (QED) is 0.696. The van der Waals surface area contributed by atoms with Crippen LogP contribution in [0.1, 0.15) is 36.0 Å². The zero-order chi connectivity index (χ0) is 13.7. The average molecular weight is 266 g/mol. The number of carbonyl (C=O) groups is 2. The van der Waals surface area contributed by atoms with E-state index in [0.29, 0.717) is 5.56 Å². The Bertz CT molecular complexity index is 432. The van der Waals surface area contributed by atoms with Crippen molar-refractivity contribution >= 4 is 11.8 Å². The second kappa shape index (κ2) is 5.88. The summed E-state index contributed by atoms with van der Waals surface area (Å²) >= 11 is 0. The summed E-state index contributed by atoms with van der Waals surface area (Å²) < 4.78 is 4.80. The first-order valence-corrected chi connectivity index (χ1v) is 6.37. The molecule has 0 aliphatic heterocycles. The molecule has 2 rings (SSSR count). The zero-order valence-corrected chi connectivity index (χ0v) is 10.6. The third-order valence-electron chi connectivity index (χ3n) is 3.44. The molecule has 1 fully saturated rings. The van der Waals surface area contributed by atoms with Crippen molar-refractivity contribution in [2.75, 3.05) is 13.2 Å². The van der Waals surface area contributed by atoms with E-state index < -0.39 is 5.54 Å². The highest BCUT2D eigenvalue weighted by atomic mass is 16.3. The van der Waals surface area contributed by atoms with E-state index in [1.807, 2.05) is 0 Å². The first-order valence-electron chi connectivity index (χ1n) is 6.37. The Morgan fingerprint density at radius 3 is 2.74 bits per heavy atom. The summed E-state index contributed by atoms with van der Waals surface area (Å²) in [5.74, 6) is -0.414. The van der Waals surface area contributed by atoms with Crippen LogP contribution in [0.25, 0.3) is 0 Å². The van der Waals surface area contributed by atoms with E-state index in [0.717, 1.165) is 19.3 Å². The van der Waals surface area contributed by atoms with Gasteiger partial charge in [0, 0.05) is 13.0 Å². The molecular weight excluding hydrogens is 248 g/mol. The second-order valence-corrected chi connectivity index (χ2v) is 4.86. The van der Waals surface area contributed by atoms with Gasteiger partial charge in [0.15, 0.2) is 0 Å². The maximum absolute atomic E-state index is 11.7. The number of aliphatic hydroxyl groups is 1. The number of furan rings is 1. The average Bonchev–Trinajstić information content (AvgIpc) is 2.87. The van der Waals surface area contributed by atoms with Gasteiger partial charge in [-0.2, -0.15) is 0 Å². The first-order chi connectivity index (χ1) is 9.15. The van der Waals surface area contributed by atoms with Crippen LogP contribution in [0.5, 0.6) is 0 Å². The monoisotopic (exact) mass is 266 g/mol. The van der Waals surface area contributed by atoms with E-state index in [4.69, 9.17) is 4.42 Å². The Labute approximate surface area is 111 Å². The van der Waals surface area contributed by atoms with Crippen LogP contribution in [0, 0.1) is 0 Å². The fraction of sp³-hybridized carbons (Fsp3) is 0.538. The molecule has 1 aromatic rings. The van der Waals surface area contributed by atoms with Crippen molar-refractivity contribution in [3.63, 3.8) is 0 Å². The maximum Gasteiger partial charge on any atom is 0.254 e. The molecule has 19 heavy (non-hydrogen) atoms. The third-order valence-corrected chi connectivity index (χ3v) is 3.44. The maximum atomic E-state index is 11.7. The molecule has 1 aromatic heterocycles. The van der Waals surface area contributed by atoms with Crippen molar-refractivity contribution in [3.05, 3.63) is 24.2 Å². The molecule has 0 unspecified atom stereocenters. The van der Waals surface area contributed by atoms with Crippen LogP contribution in [0.4, 0.5) is 0 Å². The van der Waals surface area contributed by atoms with Gasteiger partial charge in [-0.3, -0.25) is 9.59 Å². The van der Waals surface area contributed by atoms with Gasteiger partial charge >= 0.3 is 0 Å². The lowest BCUT2D eigenvalue weighted by molar-refractivity contribution is -0.124. The van der Waals surface area contributed by atoms with E-state index >= 15 is 0 Å². The topological polar surface area (TPSA) is 91.6 Å². The normalized spacial score (nSPS) is 16.5. The largest absolute Gasteiger partial charge is 0.472 e. The fourth-order valence-electron chi connectivity index (χ4n) is 2.07. The molecule has 1 aliphatic rings. The van der Waals surface area contributed by atoms with E-state index in [1.165, 1.54) is 12.5 Å². The van der Waals surface area contributed by atoms with Crippen LogP contribution in [-0.4, -0.2) is 35.6 Å². The van der Waals surface area contributed by atoms with Gasteiger partial charge in [0.05, 0.1) is 24.0 Å². The number of rotatable bonds is 6. The molecule has 6 heteroatoms. The number of nitrogens with one attached hydrogen (secondary N) is 2. The molecule has 0 spiro atoms. The van der Waals surface area contributed by atoms with Gasteiger partial charge in [-0.25, -0.2) is 0 Å². The van der Waals surface area contributed by atoms with Crippen molar-refractivity contribution in [1.29, 1.82) is 0 Å². The van der Waals surface area contributed by atoms with Gasteiger partial charge in [-0.05, 0) is 25.3 Å². The van der Waals surface area contributed by atoms with Gasteiger partial charge in [-0.1, -0.05) is 0 Å². The molecule has 2 amide bonds. The van der Waals surface area contributed by atoms with Crippen LogP contribution in [0.2, 0.25) is 0 Å². The molecular formula is C13H18N2O4. The molecule has 0 saturated heterocycles. The molecule has 6 nitrogen and oxygen atoms in total. The van der Waals surface area contributed by atoms with E-state index in [2.05, 4.69) is 10.6 Å². The summed E-state index contributed by atoms with van der Waals surface area (Å²) in [6.45, 7) is 0.234. The molecule has 1 heterocycles. The SMILES string of the molecule is O=C(CCNC(=O)c1ccoc1)NC1(CO)CCC1. The van der Waals surface area contributed by atoms with Crippen molar-refractivity contribution in [3.8, 4) is 0 Å². The van der Waals surface area contributed by atoms with Crippen molar-refractivity contribution in [1.82, 2.24) is 10.6 Å². The van der Waals surface area contributed by atoms with E-state index in [-0.39, 0.29) is 31.4 Å². The molecule has 3 N–H and O–H groups in total. The molecule has 1 saturated carbocycles. The number of aliphatic hydroxyl groups excluding tert-OH is 1. The van der Waals surface area contributed by atoms with Crippen molar-refractivity contribution in [2.45, 2.75) is 31.2 Å². The summed E-state index contributed by atoms with van der Waals surface area (Å²) in [5.41, 5.74) is 0.0114. The fourth-order valence-corrected chi connectivity index (χ4v) is 2.07. The summed E-state index contributed by atoms with van der Waals surface area (Å²) in [7, 11) is 0. The van der Waals surface area contributed by atoms with E-state index in [1.54, 1.807) is 6.07 Å². The van der Waals surface area contributed by atoms with Crippen LogP contribution in [-0.2, 0) is 4.79 Å². The minimum absolute atomic E-state index is 0.0277. The Morgan fingerprint density at radius 1 is 1.42 bits per heavy atom. The van der Waals surface area contributed by atoms with Gasteiger partial charge in [0.25, 0.3) is 5.91 Å². The van der Waals surface area contributed by atoms with E-state index in [9.17, 15) is 14.7 Å². The Morgan fingerprint density at radius 2 is 2.21 bits per heavy atom. The number of amides is 2. The lowest BCUT2D eigenvalue weighted by atomic mass is 9.77. The Kier molecular flexibility index (Phi) is 4.21. The van der Waals surface area contributed by atoms with Crippen LogP contribution >= 0.6 is 0 Å². The minimum Gasteiger partial charge on any atom is -0.472 e. The summed E-state index contributed by atoms with van der Waals surface area (Å²) in [5, 5.41) is 14.7. The third kappa shape index (κ3) is 3.35.